The largest absolute Gasteiger partial charge is 0.357 e. The molecule has 0 aromatic carbocycles. The lowest BCUT2D eigenvalue weighted by atomic mass is 10.1. The number of piperidine rings is 1. The summed E-state index contributed by atoms with van der Waals surface area (Å²) in [5.74, 6) is 2.00. The molecular weight excluding hydrogens is 362 g/mol. The summed E-state index contributed by atoms with van der Waals surface area (Å²) >= 11 is 0. The Morgan fingerprint density at radius 1 is 1.10 bits per heavy atom. The minimum atomic E-state index is 0.513. The van der Waals surface area contributed by atoms with E-state index >= 15 is 0 Å². The van der Waals surface area contributed by atoms with Crippen molar-refractivity contribution in [1.82, 2.24) is 25.4 Å². The van der Waals surface area contributed by atoms with E-state index in [1.54, 1.807) is 0 Å². The van der Waals surface area contributed by atoms with E-state index < -0.39 is 0 Å². The molecule has 3 rings (SSSR count). The lowest BCUT2D eigenvalue weighted by Crippen LogP contribution is -2.48. The summed E-state index contributed by atoms with van der Waals surface area (Å²) in [4.78, 5) is 16.8. The van der Waals surface area contributed by atoms with Gasteiger partial charge in [0.05, 0.1) is 6.54 Å². The summed E-state index contributed by atoms with van der Waals surface area (Å²) < 4.78 is 0. The van der Waals surface area contributed by atoms with Crippen molar-refractivity contribution >= 4 is 11.8 Å². The number of likely N-dealkylation sites (tertiary alicyclic amines) is 1. The van der Waals surface area contributed by atoms with Crippen LogP contribution in [0.3, 0.4) is 0 Å². The Balaban J connectivity index is 1.50. The highest BCUT2D eigenvalue weighted by Gasteiger charge is 2.19. The third kappa shape index (κ3) is 6.85. The molecular formula is C22H39N7. The van der Waals surface area contributed by atoms with Gasteiger partial charge >= 0.3 is 0 Å². The predicted molar refractivity (Wildman–Crippen MR) is 122 cm³/mol. The average molecular weight is 402 g/mol. The maximum Gasteiger partial charge on any atom is 0.191 e. The van der Waals surface area contributed by atoms with Crippen LogP contribution in [0.2, 0.25) is 0 Å². The van der Waals surface area contributed by atoms with E-state index in [9.17, 15) is 0 Å². The van der Waals surface area contributed by atoms with Crippen LogP contribution in [0.1, 0.15) is 38.7 Å². The number of pyridine rings is 1. The molecule has 1 aromatic rings. The molecule has 2 N–H and O–H groups in total. The normalized spacial score (nSPS) is 20.1. The zero-order chi connectivity index (χ0) is 20.5. The number of nitrogens with zero attached hydrogens (tertiary/aromatic N) is 5. The van der Waals surface area contributed by atoms with Gasteiger partial charge in [-0.1, -0.05) is 13.0 Å². The molecule has 0 bridgehead atoms. The molecule has 7 heteroatoms. The standard InChI is InChI=1S/C22H39N7/c1-4-10-28-11-8-20(9-12-28)26-22(23-5-2)25-18-19-6-7-21(24-17-19)29-15-13-27(3)14-16-29/h6-7,17,20H,4-5,8-16,18H2,1-3H3,(H2,23,25,26). The highest BCUT2D eigenvalue weighted by Crippen LogP contribution is 2.14. The van der Waals surface area contributed by atoms with Crippen LogP contribution < -0.4 is 15.5 Å². The highest BCUT2D eigenvalue weighted by molar-refractivity contribution is 5.80. The number of guanidine groups is 1. The lowest BCUT2D eigenvalue weighted by molar-refractivity contribution is 0.206. The molecule has 162 valence electrons. The zero-order valence-electron chi connectivity index (χ0n) is 18.5. The van der Waals surface area contributed by atoms with Crippen molar-refractivity contribution in [2.45, 2.75) is 45.7 Å². The van der Waals surface area contributed by atoms with Crippen LogP contribution in [-0.4, -0.2) is 86.2 Å². The molecule has 29 heavy (non-hydrogen) atoms. The van der Waals surface area contributed by atoms with Crippen LogP contribution in [0.25, 0.3) is 0 Å². The molecule has 1 aromatic heterocycles. The number of piperazine rings is 1. The monoisotopic (exact) mass is 401 g/mol. The SMILES string of the molecule is CCCN1CCC(NC(=NCc2ccc(N3CCN(C)CC3)nc2)NCC)CC1. The van der Waals surface area contributed by atoms with Crippen molar-refractivity contribution in [2.24, 2.45) is 4.99 Å². The van der Waals surface area contributed by atoms with E-state index in [-0.39, 0.29) is 0 Å². The van der Waals surface area contributed by atoms with Gasteiger partial charge in [0.1, 0.15) is 5.82 Å². The molecule has 0 saturated carbocycles. The Bertz CT molecular complexity index is 615. The van der Waals surface area contributed by atoms with E-state index in [0.29, 0.717) is 12.6 Å². The van der Waals surface area contributed by atoms with Gasteiger partial charge in [0.25, 0.3) is 0 Å². The molecule has 2 aliphatic heterocycles. The molecule has 0 unspecified atom stereocenters. The van der Waals surface area contributed by atoms with E-state index in [0.717, 1.165) is 50.1 Å². The minimum absolute atomic E-state index is 0.513. The molecule has 7 nitrogen and oxygen atoms in total. The number of hydrogen-bond donors (Lipinski definition) is 2. The first kappa shape index (κ1) is 21.8. The summed E-state index contributed by atoms with van der Waals surface area (Å²) in [6.07, 6.45) is 5.59. The molecule has 0 aliphatic carbocycles. The first-order chi connectivity index (χ1) is 14.2. The van der Waals surface area contributed by atoms with Gasteiger partial charge in [-0.15, -0.1) is 0 Å². The fourth-order valence-corrected chi connectivity index (χ4v) is 4.03. The maximum absolute atomic E-state index is 4.81. The van der Waals surface area contributed by atoms with Gasteiger partial charge in [-0.3, -0.25) is 0 Å². The van der Waals surface area contributed by atoms with Gasteiger partial charge in [-0.2, -0.15) is 0 Å². The second-order valence-electron chi connectivity index (χ2n) is 8.27. The number of likely N-dealkylation sites (N-methyl/N-ethyl adjacent to an activating group) is 1. The summed E-state index contributed by atoms with van der Waals surface area (Å²) in [7, 11) is 2.18. The fourth-order valence-electron chi connectivity index (χ4n) is 4.03. The van der Waals surface area contributed by atoms with Crippen molar-refractivity contribution in [3.8, 4) is 0 Å². The smallest absolute Gasteiger partial charge is 0.191 e. The number of rotatable bonds is 7. The second kappa shape index (κ2) is 11.4. The van der Waals surface area contributed by atoms with Crippen LogP contribution in [0.4, 0.5) is 5.82 Å². The van der Waals surface area contributed by atoms with Gasteiger partial charge in [-0.05, 0) is 51.4 Å². The summed E-state index contributed by atoms with van der Waals surface area (Å²) in [5.41, 5.74) is 1.15. The molecule has 3 heterocycles. The fraction of sp³-hybridized carbons (Fsp3) is 0.727. The van der Waals surface area contributed by atoms with Crippen LogP contribution in [0.15, 0.2) is 23.3 Å². The van der Waals surface area contributed by atoms with E-state index in [1.807, 2.05) is 6.20 Å². The second-order valence-corrected chi connectivity index (χ2v) is 8.27. The van der Waals surface area contributed by atoms with Crippen molar-refractivity contribution in [2.75, 3.05) is 64.3 Å². The first-order valence-electron chi connectivity index (χ1n) is 11.3. The number of anilines is 1. The number of aromatic nitrogens is 1. The zero-order valence-corrected chi connectivity index (χ0v) is 18.5. The molecule has 2 fully saturated rings. The quantitative estimate of drug-likeness (QED) is 0.536. The molecule has 2 saturated heterocycles. The minimum Gasteiger partial charge on any atom is -0.357 e. The Morgan fingerprint density at radius 2 is 1.86 bits per heavy atom. The molecule has 2 aliphatic rings. The van der Waals surface area contributed by atoms with Crippen LogP contribution in [0.5, 0.6) is 0 Å². The Hall–Kier alpha value is -1.86. The molecule has 0 atom stereocenters. The third-order valence-corrected chi connectivity index (χ3v) is 5.87. The number of aliphatic imine (C=N–C) groups is 1. The van der Waals surface area contributed by atoms with Crippen molar-refractivity contribution in [3.05, 3.63) is 23.9 Å². The van der Waals surface area contributed by atoms with Gasteiger partial charge in [0.15, 0.2) is 5.96 Å². The maximum atomic E-state index is 4.81. The average Bonchev–Trinajstić information content (AvgIpc) is 2.75. The van der Waals surface area contributed by atoms with E-state index in [2.05, 4.69) is 63.3 Å². The summed E-state index contributed by atoms with van der Waals surface area (Å²) in [6.45, 7) is 13.8. The predicted octanol–water partition coefficient (Wildman–Crippen LogP) is 1.76. The number of hydrogen-bond acceptors (Lipinski definition) is 5. The third-order valence-electron chi connectivity index (χ3n) is 5.87. The topological polar surface area (TPSA) is 59.0 Å². The Morgan fingerprint density at radius 3 is 2.48 bits per heavy atom. The van der Waals surface area contributed by atoms with Crippen LogP contribution in [-0.2, 0) is 6.54 Å². The van der Waals surface area contributed by atoms with Gasteiger partial charge in [0.2, 0.25) is 0 Å². The van der Waals surface area contributed by atoms with Crippen LogP contribution >= 0.6 is 0 Å². The van der Waals surface area contributed by atoms with Crippen molar-refractivity contribution in [3.63, 3.8) is 0 Å². The van der Waals surface area contributed by atoms with Crippen molar-refractivity contribution in [1.29, 1.82) is 0 Å². The Kier molecular flexibility index (Phi) is 8.55. The van der Waals surface area contributed by atoms with Crippen LogP contribution in [0, 0.1) is 0 Å². The van der Waals surface area contributed by atoms with E-state index in [4.69, 9.17) is 4.99 Å². The van der Waals surface area contributed by atoms with Gasteiger partial charge in [-0.25, -0.2) is 9.98 Å². The molecule has 0 radical (unpaired) electrons. The summed E-state index contributed by atoms with van der Waals surface area (Å²) in [6, 6.07) is 4.82. The lowest BCUT2D eigenvalue weighted by Gasteiger charge is -2.33. The first-order valence-corrected chi connectivity index (χ1v) is 11.3. The summed E-state index contributed by atoms with van der Waals surface area (Å²) in [5, 5.41) is 7.03. The molecule has 0 amide bonds. The highest BCUT2D eigenvalue weighted by atomic mass is 15.3. The van der Waals surface area contributed by atoms with Gasteiger partial charge in [0, 0.05) is 58.1 Å². The molecule has 0 spiro atoms. The van der Waals surface area contributed by atoms with E-state index in [1.165, 1.54) is 38.9 Å². The Labute approximate surface area is 176 Å². The van der Waals surface area contributed by atoms with Crippen molar-refractivity contribution < 1.29 is 0 Å². The number of nitrogens with one attached hydrogen (secondary N) is 2. The van der Waals surface area contributed by atoms with Gasteiger partial charge < -0.3 is 25.3 Å².